The van der Waals surface area contributed by atoms with Crippen LogP contribution >= 0.6 is 0 Å². The van der Waals surface area contributed by atoms with Gasteiger partial charge < -0.3 is 19.7 Å². The summed E-state index contributed by atoms with van der Waals surface area (Å²) in [5.74, 6) is -0.334. The molecule has 9 heteroatoms. The Morgan fingerprint density at radius 2 is 1.62 bits per heavy atom. The fourth-order valence-corrected chi connectivity index (χ4v) is 3.87. The van der Waals surface area contributed by atoms with Crippen LogP contribution in [0.4, 0.5) is 18.9 Å². The number of nitrogens with zero attached hydrogens (tertiary/aromatic N) is 1. The average Bonchev–Trinajstić information content (AvgIpc) is 3.06. The summed E-state index contributed by atoms with van der Waals surface area (Å²) < 4.78 is 49.4. The molecule has 1 N–H and O–H groups in total. The number of piperidine rings is 1. The molecule has 0 bridgehead atoms. The van der Waals surface area contributed by atoms with Crippen molar-refractivity contribution < 1.29 is 32.2 Å². The maximum Gasteiger partial charge on any atom is 0.416 e. The number of fused-ring (bicyclic) bond motifs is 1. The Labute approximate surface area is 183 Å². The van der Waals surface area contributed by atoms with Crippen LogP contribution in [0, 0.1) is 5.92 Å². The lowest BCUT2D eigenvalue weighted by molar-refractivity contribution is -0.137. The number of alkyl halides is 3. The second-order valence-electron chi connectivity index (χ2n) is 8.40. The first kappa shape index (κ1) is 22.0. The summed E-state index contributed by atoms with van der Waals surface area (Å²) in [5.41, 5.74) is -0.000920. The summed E-state index contributed by atoms with van der Waals surface area (Å²) in [5, 5.41) is 2.88. The molecule has 0 spiro atoms. The maximum atomic E-state index is 12.7. The van der Waals surface area contributed by atoms with Crippen LogP contribution in [0.3, 0.4) is 0 Å². The maximum absolute atomic E-state index is 12.7. The number of nitrogens with one attached hydrogen (secondary N) is 1. The van der Waals surface area contributed by atoms with Crippen LogP contribution in [0.15, 0.2) is 42.5 Å². The van der Waals surface area contributed by atoms with Gasteiger partial charge in [0.1, 0.15) is 0 Å². The van der Waals surface area contributed by atoms with Crippen molar-refractivity contribution in [2.24, 2.45) is 5.92 Å². The number of benzene rings is 2. The average molecular weight is 448 g/mol. The number of anilines is 1. The first-order chi connectivity index (χ1) is 15.0. The van der Waals surface area contributed by atoms with Gasteiger partial charge >= 0.3 is 6.18 Å². The molecule has 4 rings (SSSR count). The van der Waals surface area contributed by atoms with Crippen LogP contribution in [-0.4, -0.2) is 35.6 Å². The van der Waals surface area contributed by atoms with Gasteiger partial charge in [-0.3, -0.25) is 9.59 Å². The van der Waals surface area contributed by atoms with Gasteiger partial charge in [0.2, 0.25) is 11.7 Å². The first-order valence-electron chi connectivity index (χ1n) is 10.3. The van der Waals surface area contributed by atoms with E-state index in [0.29, 0.717) is 43.1 Å². The van der Waals surface area contributed by atoms with E-state index < -0.39 is 17.5 Å². The van der Waals surface area contributed by atoms with E-state index in [1.165, 1.54) is 12.1 Å². The van der Waals surface area contributed by atoms with Crippen molar-refractivity contribution in [2.75, 3.05) is 18.4 Å². The van der Waals surface area contributed by atoms with Gasteiger partial charge in [0.05, 0.1) is 5.56 Å². The molecule has 0 saturated carbocycles. The number of halogens is 3. The number of hydrogen-bond acceptors (Lipinski definition) is 4. The van der Waals surface area contributed by atoms with Gasteiger partial charge in [-0.05, 0) is 49.2 Å². The predicted molar refractivity (Wildman–Crippen MR) is 110 cm³/mol. The topological polar surface area (TPSA) is 67.9 Å². The highest BCUT2D eigenvalue weighted by Gasteiger charge is 2.33. The molecule has 0 radical (unpaired) electrons. The molecule has 170 valence electrons. The first-order valence-corrected chi connectivity index (χ1v) is 10.3. The summed E-state index contributed by atoms with van der Waals surface area (Å²) in [7, 11) is 0. The second-order valence-corrected chi connectivity index (χ2v) is 8.40. The predicted octanol–water partition coefficient (Wildman–Crippen LogP) is 4.70. The Hall–Kier alpha value is -3.23. The van der Waals surface area contributed by atoms with E-state index in [-0.39, 0.29) is 23.3 Å². The SMILES string of the molecule is CC1(C)Oc2ccc(NC(=O)C3CCN(C(=O)c4ccc(C(F)(F)F)cc4)CC3)cc2O1. The molecule has 2 aromatic rings. The third kappa shape index (κ3) is 4.66. The smallest absolute Gasteiger partial charge is 0.416 e. The third-order valence-corrected chi connectivity index (χ3v) is 5.53. The van der Waals surface area contributed by atoms with E-state index in [1.54, 1.807) is 36.9 Å². The molecule has 0 aromatic heterocycles. The van der Waals surface area contributed by atoms with Crippen molar-refractivity contribution in [3.8, 4) is 11.5 Å². The Kier molecular flexibility index (Phi) is 5.52. The zero-order valence-corrected chi connectivity index (χ0v) is 17.7. The van der Waals surface area contributed by atoms with E-state index in [1.807, 2.05) is 0 Å². The molecule has 2 aromatic carbocycles. The lowest BCUT2D eigenvalue weighted by atomic mass is 9.95. The summed E-state index contributed by atoms with van der Waals surface area (Å²) in [6, 6.07) is 9.37. The molecule has 2 aliphatic rings. The molecule has 2 amide bonds. The van der Waals surface area contributed by atoms with Gasteiger partial charge in [-0.1, -0.05) is 0 Å². The number of likely N-dealkylation sites (tertiary alicyclic amines) is 1. The highest BCUT2D eigenvalue weighted by atomic mass is 19.4. The van der Waals surface area contributed by atoms with Crippen LogP contribution in [0.5, 0.6) is 11.5 Å². The molecule has 2 aliphatic heterocycles. The highest BCUT2D eigenvalue weighted by Crippen LogP contribution is 2.40. The summed E-state index contributed by atoms with van der Waals surface area (Å²) in [4.78, 5) is 26.9. The molecular formula is C23H23F3N2O4. The van der Waals surface area contributed by atoms with Gasteiger partial charge in [0.15, 0.2) is 11.5 Å². The fraction of sp³-hybridized carbons (Fsp3) is 0.391. The summed E-state index contributed by atoms with van der Waals surface area (Å²) >= 11 is 0. The molecule has 1 saturated heterocycles. The standard InChI is InChI=1S/C23H23F3N2O4/c1-22(2)31-18-8-7-17(13-19(18)32-22)27-20(29)14-9-11-28(12-10-14)21(30)15-3-5-16(6-4-15)23(24,25)26/h3-8,13-14H,9-12H2,1-2H3,(H,27,29). The Balaban J connectivity index is 1.32. The number of carbonyl (C=O) groups is 2. The lowest BCUT2D eigenvalue weighted by Crippen LogP contribution is -2.41. The van der Waals surface area contributed by atoms with Crippen molar-refractivity contribution in [3.05, 3.63) is 53.6 Å². The minimum atomic E-state index is -4.44. The molecular weight excluding hydrogens is 425 g/mol. The van der Waals surface area contributed by atoms with Crippen molar-refractivity contribution >= 4 is 17.5 Å². The van der Waals surface area contributed by atoms with E-state index in [9.17, 15) is 22.8 Å². The Morgan fingerprint density at radius 1 is 1.00 bits per heavy atom. The molecule has 2 heterocycles. The molecule has 1 fully saturated rings. The van der Waals surface area contributed by atoms with Crippen LogP contribution in [0.2, 0.25) is 0 Å². The van der Waals surface area contributed by atoms with Crippen LogP contribution < -0.4 is 14.8 Å². The fourth-order valence-electron chi connectivity index (χ4n) is 3.87. The van der Waals surface area contributed by atoms with Gasteiger partial charge in [-0.2, -0.15) is 13.2 Å². The minimum Gasteiger partial charge on any atom is -0.449 e. The summed E-state index contributed by atoms with van der Waals surface area (Å²) in [6.07, 6.45) is -3.51. The Morgan fingerprint density at radius 3 is 2.25 bits per heavy atom. The van der Waals surface area contributed by atoms with Crippen molar-refractivity contribution in [1.82, 2.24) is 4.90 Å². The molecule has 0 atom stereocenters. The number of ether oxygens (including phenoxy) is 2. The Bertz CT molecular complexity index is 1030. The van der Waals surface area contributed by atoms with Crippen molar-refractivity contribution in [1.29, 1.82) is 0 Å². The number of carbonyl (C=O) groups excluding carboxylic acids is 2. The number of hydrogen-bond donors (Lipinski definition) is 1. The second kappa shape index (κ2) is 8.03. The largest absolute Gasteiger partial charge is 0.449 e. The van der Waals surface area contributed by atoms with Gasteiger partial charge in [-0.15, -0.1) is 0 Å². The van der Waals surface area contributed by atoms with Crippen molar-refractivity contribution in [2.45, 2.75) is 38.7 Å². The molecule has 6 nitrogen and oxygen atoms in total. The highest BCUT2D eigenvalue weighted by molar-refractivity contribution is 5.95. The molecule has 0 aliphatic carbocycles. The molecule has 0 unspecified atom stereocenters. The van der Waals surface area contributed by atoms with E-state index in [4.69, 9.17) is 9.47 Å². The van der Waals surface area contributed by atoms with Crippen molar-refractivity contribution in [3.63, 3.8) is 0 Å². The minimum absolute atomic E-state index is 0.148. The monoisotopic (exact) mass is 448 g/mol. The van der Waals surface area contributed by atoms with E-state index in [2.05, 4.69) is 5.32 Å². The summed E-state index contributed by atoms with van der Waals surface area (Å²) in [6.45, 7) is 4.30. The van der Waals surface area contributed by atoms with Crippen LogP contribution in [0.25, 0.3) is 0 Å². The number of amides is 2. The van der Waals surface area contributed by atoms with Crippen LogP contribution in [0.1, 0.15) is 42.6 Å². The lowest BCUT2D eigenvalue weighted by Gasteiger charge is -2.31. The van der Waals surface area contributed by atoms with E-state index in [0.717, 1.165) is 12.1 Å². The zero-order chi connectivity index (χ0) is 23.1. The van der Waals surface area contributed by atoms with Gasteiger partial charge in [0, 0.05) is 50.2 Å². The van der Waals surface area contributed by atoms with Gasteiger partial charge in [0.25, 0.3) is 5.91 Å². The third-order valence-electron chi connectivity index (χ3n) is 5.53. The quantitative estimate of drug-likeness (QED) is 0.739. The zero-order valence-electron chi connectivity index (χ0n) is 17.7. The molecule has 32 heavy (non-hydrogen) atoms. The van der Waals surface area contributed by atoms with Crippen LogP contribution in [-0.2, 0) is 11.0 Å². The van der Waals surface area contributed by atoms with E-state index >= 15 is 0 Å². The number of rotatable bonds is 3. The van der Waals surface area contributed by atoms with Gasteiger partial charge in [-0.25, -0.2) is 0 Å². The normalized spacial score (nSPS) is 17.8.